The molecule has 1 rings (SSSR count). The highest BCUT2D eigenvalue weighted by atomic mass is 16.2. The first-order chi connectivity index (χ1) is 7.26. The molecule has 0 radical (unpaired) electrons. The van der Waals surface area contributed by atoms with Gasteiger partial charge in [0.25, 0.3) is 0 Å². The third kappa shape index (κ3) is 3.74. The molecule has 1 aliphatic heterocycles. The lowest BCUT2D eigenvalue weighted by Crippen LogP contribution is -2.45. The maximum Gasteiger partial charge on any atom is 0.232 e. The molecule has 0 aromatic heterocycles. The Labute approximate surface area is 85.5 Å². The molecule has 0 saturated carbocycles. The van der Waals surface area contributed by atoms with Crippen molar-refractivity contribution in [3.63, 3.8) is 0 Å². The van der Waals surface area contributed by atoms with Crippen LogP contribution in [0.15, 0.2) is 10.3 Å². The molecular weight excluding hydrogens is 200 g/mol. The molecule has 1 saturated heterocycles. The molecule has 0 spiro atoms. The first kappa shape index (κ1) is 11.1. The second-order valence-corrected chi connectivity index (χ2v) is 2.99. The summed E-state index contributed by atoms with van der Waals surface area (Å²) in [5.41, 5.74) is 16.2. The zero-order valence-corrected chi connectivity index (χ0v) is 8.02. The van der Waals surface area contributed by atoms with Crippen LogP contribution in [0, 0.1) is 0 Å². The number of piperazine rings is 1. The second-order valence-electron chi connectivity index (χ2n) is 2.99. The van der Waals surface area contributed by atoms with Gasteiger partial charge in [-0.05, 0) is 15.9 Å². The van der Waals surface area contributed by atoms with E-state index in [-0.39, 0.29) is 6.54 Å². The fourth-order valence-electron chi connectivity index (χ4n) is 1.31. The van der Waals surface area contributed by atoms with E-state index in [1.54, 1.807) is 5.01 Å². The summed E-state index contributed by atoms with van der Waals surface area (Å²) in [7, 11) is 0. The Morgan fingerprint density at radius 1 is 1.20 bits per heavy atom. The van der Waals surface area contributed by atoms with E-state index in [0.29, 0.717) is 26.2 Å². The summed E-state index contributed by atoms with van der Waals surface area (Å²) in [5.74, 6) is -0.491. The van der Waals surface area contributed by atoms with Crippen molar-refractivity contribution in [3.05, 3.63) is 20.9 Å². The third-order valence-corrected chi connectivity index (χ3v) is 2.03. The summed E-state index contributed by atoms with van der Waals surface area (Å²) in [4.78, 5) is 17.9. The van der Waals surface area contributed by atoms with E-state index in [1.165, 1.54) is 0 Å². The maximum atomic E-state index is 11.0. The largest absolute Gasteiger partial charge is 0.291 e. The molecule has 0 aliphatic carbocycles. The van der Waals surface area contributed by atoms with Gasteiger partial charge in [0, 0.05) is 18.0 Å². The molecule has 0 aromatic rings. The Hall–Kier alpha value is -1.95. The molecule has 1 aliphatic rings. The Balaban J connectivity index is 2.34. The van der Waals surface area contributed by atoms with Crippen LogP contribution in [-0.4, -0.2) is 48.5 Å². The van der Waals surface area contributed by atoms with Gasteiger partial charge in [-0.25, -0.2) is 5.01 Å². The van der Waals surface area contributed by atoms with E-state index in [2.05, 4.69) is 20.2 Å². The molecule has 1 heterocycles. The molecular formula is C6H10N8O. The van der Waals surface area contributed by atoms with Gasteiger partial charge in [0.15, 0.2) is 0 Å². The number of rotatable bonds is 3. The van der Waals surface area contributed by atoms with Gasteiger partial charge in [-0.2, -0.15) is 4.91 Å². The first-order valence-corrected chi connectivity index (χ1v) is 4.36. The van der Waals surface area contributed by atoms with Gasteiger partial charge in [-0.3, -0.25) is 9.69 Å². The Bertz CT molecular complexity index is 320. The number of azide groups is 2. The van der Waals surface area contributed by atoms with E-state index in [9.17, 15) is 4.79 Å². The van der Waals surface area contributed by atoms with Crippen LogP contribution in [0.1, 0.15) is 0 Å². The van der Waals surface area contributed by atoms with Crippen LogP contribution in [-0.2, 0) is 4.79 Å². The topological polar surface area (TPSA) is 121 Å². The van der Waals surface area contributed by atoms with Crippen molar-refractivity contribution in [2.45, 2.75) is 0 Å². The van der Waals surface area contributed by atoms with Crippen molar-refractivity contribution >= 4 is 5.91 Å². The summed E-state index contributed by atoms with van der Waals surface area (Å²) in [6.45, 7) is 2.51. The number of nitrogens with zero attached hydrogens (tertiary/aromatic N) is 8. The Kier molecular flexibility index (Phi) is 4.24. The highest BCUT2D eigenvalue weighted by Crippen LogP contribution is 2.02. The molecule has 15 heavy (non-hydrogen) atoms. The maximum absolute atomic E-state index is 11.0. The molecule has 0 N–H and O–H groups in total. The Morgan fingerprint density at radius 2 is 1.87 bits per heavy atom. The average Bonchev–Trinajstić information content (AvgIpc) is 2.22. The molecule has 9 nitrogen and oxygen atoms in total. The summed E-state index contributed by atoms with van der Waals surface area (Å²) >= 11 is 0. The smallest absolute Gasteiger partial charge is 0.232 e. The monoisotopic (exact) mass is 210 g/mol. The number of amides is 1. The van der Waals surface area contributed by atoms with Crippen LogP contribution in [0.5, 0.6) is 0 Å². The van der Waals surface area contributed by atoms with Gasteiger partial charge < -0.3 is 0 Å². The first-order valence-electron chi connectivity index (χ1n) is 4.36. The highest BCUT2D eigenvalue weighted by molar-refractivity contribution is 5.78. The third-order valence-electron chi connectivity index (χ3n) is 2.03. The molecule has 1 amide bonds. The zero-order chi connectivity index (χ0) is 11.1. The highest BCUT2D eigenvalue weighted by Gasteiger charge is 2.19. The van der Waals surface area contributed by atoms with Gasteiger partial charge >= 0.3 is 0 Å². The lowest BCUT2D eigenvalue weighted by Gasteiger charge is -2.28. The van der Waals surface area contributed by atoms with Crippen molar-refractivity contribution in [3.8, 4) is 0 Å². The lowest BCUT2D eigenvalue weighted by atomic mass is 10.3. The fraction of sp³-hybridized carbons (Fsp3) is 0.833. The summed E-state index contributed by atoms with van der Waals surface area (Å²) in [5, 5.41) is 8.02. The van der Waals surface area contributed by atoms with Crippen LogP contribution in [0.4, 0.5) is 0 Å². The minimum atomic E-state index is -0.491. The SMILES string of the molecule is [N-]=[N+]=NC(=O)CN1CCN(N=[N+]=[N-])CC1. The van der Waals surface area contributed by atoms with Crippen molar-refractivity contribution in [2.24, 2.45) is 10.3 Å². The van der Waals surface area contributed by atoms with E-state index < -0.39 is 5.91 Å². The fourth-order valence-corrected chi connectivity index (χ4v) is 1.31. The van der Waals surface area contributed by atoms with Crippen LogP contribution >= 0.6 is 0 Å². The molecule has 0 aromatic carbocycles. The summed E-state index contributed by atoms with van der Waals surface area (Å²) in [6.07, 6.45) is 0. The van der Waals surface area contributed by atoms with Crippen LogP contribution in [0.3, 0.4) is 0 Å². The normalized spacial score (nSPS) is 16.4. The molecule has 0 atom stereocenters. The van der Waals surface area contributed by atoms with Gasteiger partial charge in [-0.1, -0.05) is 0 Å². The standard InChI is InChI=1S/C6H10N8O/c7-10-9-6(15)5-13-1-3-14(4-2-13)12-11-8/h1-5H2. The van der Waals surface area contributed by atoms with E-state index >= 15 is 0 Å². The predicted molar refractivity (Wildman–Crippen MR) is 51.3 cm³/mol. The molecule has 0 bridgehead atoms. The summed E-state index contributed by atoms with van der Waals surface area (Å²) in [6, 6.07) is 0. The van der Waals surface area contributed by atoms with Crippen LogP contribution in [0.2, 0.25) is 0 Å². The average molecular weight is 210 g/mol. The van der Waals surface area contributed by atoms with Crippen molar-refractivity contribution in [1.29, 1.82) is 0 Å². The molecule has 9 heteroatoms. The molecule has 80 valence electrons. The van der Waals surface area contributed by atoms with Gasteiger partial charge in [0.05, 0.1) is 6.54 Å². The van der Waals surface area contributed by atoms with Crippen molar-refractivity contribution < 1.29 is 4.79 Å². The number of carbonyl (C=O) groups excluding carboxylic acids is 1. The Morgan fingerprint density at radius 3 is 2.40 bits per heavy atom. The van der Waals surface area contributed by atoms with Gasteiger partial charge in [0.1, 0.15) is 13.1 Å². The quantitative estimate of drug-likeness (QED) is 0.386. The van der Waals surface area contributed by atoms with Gasteiger partial charge in [0.2, 0.25) is 5.91 Å². The number of carbonyl (C=O) groups is 1. The number of hydrogen-bond donors (Lipinski definition) is 0. The van der Waals surface area contributed by atoms with Crippen LogP contribution < -0.4 is 0 Å². The second kappa shape index (κ2) is 5.71. The predicted octanol–water partition coefficient (Wildman–Crippen LogP) is 0.666. The summed E-state index contributed by atoms with van der Waals surface area (Å²) < 4.78 is 0. The molecule has 0 unspecified atom stereocenters. The van der Waals surface area contributed by atoms with E-state index in [4.69, 9.17) is 11.1 Å². The minimum Gasteiger partial charge on any atom is -0.291 e. The minimum absolute atomic E-state index is 0.119. The van der Waals surface area contributed by atoms with E-state index in [0.717, 1.165) is 0 Å². The lowest BCUT2D eigenvalue weighted by molar-refractivity contribution is -0.119. The zero-order valence-electron chi connectivity index (χ0n) is 8.02. The van der Waals surface area contributed by atoms with Crippen molar-refractivity contribution in [2.75, 3.05) is 32.7 Å². The number of hydrogen-bond acceptors (Lipinski definition) is 3. The van der Waals surface area contributed by atoms with Gasteiger partial charge in [-0.15, -0.1) is 5.53 Å². The van der Waals surface area contributed by atoms with Crippen molar-refractivity contribution in [1.82, 2.24) is 9.91 Å². The van der Waals surface area contributed by atoms with Crippen LogP contribution in [0.25, 0.3) is 20.9 Å². The molecule has 1 fully saturated rings. The van der Waals surface area contributed by atoms with E-state index in [1.807, 2.05) is 4.90 Å².